The predicted octanol–water partition coefficient (Wildman–Crippen LogP) is 3.94. The number of ether oxygens (including phenoxy) is 1. The number of imidazole rings is 1. The molecule has 0 spiro atoms. The molecule has 0 aliphatic rings. The summed E-state index contributed by atoms with van der Waals surface area (Å²) in [7, 11) is 1.63. The zero-order chi connectivity index (χ0) is 13.8. The lowest BCUT2D eigenvalue weighted by atomic mass is 10.2. The Morgan fingerprint density at radius 3 is 2.89 bits per heavy atom. The molecule has 19 heavy (non-hydrogen) atoms. The van der Waals surface area contributed by atoms with Crippen LogP contribution in [0.5, 0.6) is 5.75 Å². The largest absolute Gasteiger partial charge is 0.495 e. The second kappa shape index (κ2) is 5.97. The molecule has 2 aromatic rings. The highest BCUT2D eigenvalue weighted by atomic mass is 35.5. The molecule has 1 heterocycles. The number of methoxy groups -OCH3 is 1. The van der Waals surface area contributed by atoms with Crippen molar-refractivity contribution in [1.29, 1.82) is 0 Å². The van der Waals surface area contributed by atoms with E-state index in [1.165, 1.54) is 0 Å². The van der Waals surface area contributed by atoms with Crippen LogP contribution in [0.3, 0.4) is 0 Å². The summed E-state index contributed by atoms with van der Waals surface area (Å²) in [6.45, 7) is 5.25. The summed E-state index contributed by atoms with van der Waals surface area (Å²) in [5.74, 6) is 2.08. The van der Waals surface area contributed by atoms with Crippen molar-refractivity contribution in [1.82, 2.24) is 9.55 Å². The minimum absolute atomic E-state index is 0.552. The highest BCUT2D eigenvalue weighted by molar-refractivity contribution is 6.30. The molecule has 1 aromatic heterocycles. The van der Waals surface area contributed by atoms with Gasteiger partial charge in [0.2, 0.25) is 5.95 Å². The summed E-state index contributed by atoms with van der Waals surface area (Å²) in [4.78, 5) is 4.32. The van der Waals surface area contributed by atoms with Crippen LogP contribution in [0, 0.1) is 5.92 Å². The molecule has 0 atom stereocenters. The van der Waals surface area contributed by atoms with Gasteiger partial charge in [-0.3, -0.25) is 0 Å². The molecule has 0 fully saturated rings. The van der Waals surface area contributed by atoms with E-state index in [1.54, 1.807) is 19.4 Å². The summed E-state index contributed by atoms with van der Waals surface area (Å²) in [6.07, 6.45) is 3.74. The molecular weight excluding hydrogens is 262 g/mol. The summed E-state index contributed by atoms with van der Waals surface area (Å²) in [6, 6.07) is 5.46. The standard InChI is InChI=1S/C14H18ClN3O/c1-10(2)9-18-7-6-16-14(18)17-12-8-11(15)4-5-13(12)19-3/h4-8,10H,9H2,1-3H3,(H,16,17). The molecule has 4 nitrogen and oxygen atoms in total. The number of anilines is 2. The van der Waals surface area contributed by atoms with Crippen molar-refractivity contribution in [2.45, 2.75) is 20.4 Å². The quantitative estimate of drug-likeness (QED) is 0.901. The average Bonchev–Trinajstić information content (AvgIpc) is 2.76. The van der Waals surface area contributed by atoms with E-state index in [1.807, 2.05) is 18.3 Å². The van der Waals surface area contributed by atoms with E-state index < -0.39 is 0 Å². The second-order valence-electron chi connectivity index (χ2n) is 4.77. The van der Waals surface area contributed by atoms with E-state index in [0.717, 1.165) is 23.9 Å². The van der Waals surface area contributed by atoms with Crippen LogP contribution in [-0.4, -0.2) is 16.7 Å². The van der Waals surface area contributed by atoms with Gasteiger partial charge in [0.1, 0.15) is 5.75 Å². The zero-order valence-corrected chi connectivity index (χ0v) is 12.1. The van der Waals surface area contributed by atoms with Crippen molar-refractivity contribution in [3.05, 3.63) is 35.6 Å². The lowest BCUT2D eigenvalue weighted by molar-refractivity contribution is 0.416. The Kier molecular flexibility index (Phi) is 4.32. The summed E-state index contributed by atoms with van der Waals surface area (Å²) < 4.78 is 7.39. The van der Waals surface area contributed by atoms with Crippen molar-refractivity contribution >= 4 is 23.2 Å². The van der Waals surface area contributed by atoms with Gasteiger partial charge in [-0.1, -0.05) is 25.4 Å². The Morgan fingerprint density at radius 2 is 2.21 bits per heavy atom. The van der Waals surface area contributed by atoms with Crippen LogP contribution in [0.25, 0.3) is 0 Å². The first-order valence-electron chi connectivity index (χ1n) is 6.22. The van der Waals surface area contributed by atoms with Gasteiger partial charge in [-0.2, -0.15) is 0 Å². The van der Waals surface area contributed by atoms with E-state index in [4.69, 9.17) is 16.3 Å². The third-order valence-corrected chi connectivity index (χ3v) is 2.92. The van der Waals surface area contributed by atoms with Crippen molar-refractivity contribution in [2.24, 2.45) is 5.92 Å². The maximum Gasteiger partial charge on any atom is 0.207 e. The molecule has 2 rings (SSSR count). The maximum atomic E-state index is 6.02. The lowest BCUT2D eigenvalue weighted by Crippen LogP contribution is -2.08. The fourth-order valence-electron chi connectivity index (χ4n) is 1.87. The number of aromatic nitrogens is 2. The van der Waals surface area contributed by atoms with Gasteiger partial charge in [-0.25, -0.2) is 4.98 Å². The van der Waals surface area contributed by atoms with E-state index in [-0.39, 0.29) is 0 Å². The highest BCUT2D eigenvalue weighted by Gasteiger charge is 2.09. The predicted molar refractivity (Wildman–Crippen MR) is 78.4 cm³/mol. The number of nitrogens with one attached hydrogen (secondary N) is 1. The minimum atomic E-state index is 0.552. The van der Waals surface area contributed by atoms with Crippen LogP contribution in [0.4, 0.5) is 11.6 Å². The smallest absolute Gasteiger partial charge is 0.207 e. The molecule has 0 bridgehead atoms. The summed E-state index contributed by atoms with van der Waals surface area (Å²) in [5.41, 5.74) is 0.811. The number of nitrogens with zero attached hydrogens (tertiary/aromatic N) is 2. The van der Waals surface area contributed by atoms with Crippen LogP contribution >= 0.6 is 11.6 Å². The van der Waals surface area contributed by atoms with E-state index >= 15 is 0 Å². The second-order valence-corrected chi connectivity index (χ2v) is 5.20. The molecule has 5 heteroatoms. The summed E-state index contributed by atoms with van der Waals surface area (Å²) in [5, 5.41) is 3.92. The third kappa shape index (κ3) is 3.41. The highest BCUT2D eigenvalue weighted by Crippen LogP contribution is 2.30. The van der Waals surface area contributed by atoms with Gasteiger partial charge in [-0.15, -0.1) is 0 Å². The molecule has 0 aliphatic carbocycles. The SMILES string of the molecule is COc1ccc(Cl)cc1Nc1nccn1CC(C)C. The molecular formula is C14H18ClN3O. The van der Waals surface area contributed by atoms with Crippen LogP contribution in [0.15, 0.2) is 30.6 Å². The van der Waals surface area contributed by atoms with Gasteiger partial charge in [0.25, 0.3) is 0 Å². The van der Waals surface area contributed by atoms with E-state index in [0.29, 0.717) is 10.9 Å². The number of hydrogen-bond donors (Lipinski definition) is 1. The van der Waals surface area contributed by atoms with Gasteiger partial charge < -0.3 is 14.6 Å². The van der Waals surface area contributed by atoms with Crippen LogP contribution in [-0.2, 0) is 6.54 Å². The third-order valence-electron chi connectivity index (χ3n) is 2.69. The maximum absolute atomic E-state index is 6.02. The van der Waals surface area contributed by atoms with Crippen molar-refractivity contribution in [2.75, 3.05) is 12.4 Å². The van der Waals surface area contributed by atoms with Crippen LogP contribution in [0.2, 0.25) is 5.02 Å². The molecule has 0 aliphatic heterocycles. The Hall–Kier alpha value is -1.68. The average molecular weight is 280 g/mol. The van der Waals surface area contributed by atoms with Crippen LogP contribution < -0.4 is 10.1 Å². The van der Waals surface area contributed by atoms with Gasteiger partial charge >= 0.3 is 0 Å². The first-order chi connectivity index (χ1) is 9.10. The van der Waals surface area contributed by atoms with Crippen molar-refractivity contribution in [3.8, 4) is 5.75 Å². The number of halogens is 1. The van der Waals surface area contributed by atoms with Crippen molar-refractivity contribution < 1.29 is 4.74 Å². The summed E-state index contributed by atoms with van der Waals surface area (Å²) >= 11 is 6.02. The zero-order valence-electron chi connectivity index (χ0n) is 11.4. The Balaban J connectivity index is 2.26. The number of rotatable bonds is 5. The van der Waals surface area contributed by atoms with Gasteiger partial charge in [-0.05, 0) is 24.1 Å². The topological polar surface area (TPSA) is 39.1 Å². The van der Waals surface area contributed by atoms with Crippen molar-refractivity contribution in [3.63, 3.8) is 0 Å². The monoisotopic (exact) mass is 279 g/mol. The molecule has 0 amide bonds. The Labute approximate surface area is 118 Å². The van der Waals surface area contributed by atoms with E-state index in [9.17, 15) is 0 Å². The molecule has 0 radical (unpaired) electrons. The molecule has 0 unspecified atom stereocenters. The van der Waals surface area contributed by atoms with Gasteiger partial charge in [0.15, 0.2) is 0 Å². The molecule has 1 N–H and O–H groups in total. The minimum Gasteiger partial charge on any atom is -0.495 e. The van der Waals surface area contributed by atoms with Crippen LogP contribution in [0.1, 0.15) is 13.8 Å². The Bertz CT molecular complexity index is 551. The first kappa shape index (κ1) is 13.7. The van der Waals surface area contributed by atoms with Gasteiger partial charge in [0, 0.05) is 24.0 Å². The molecule has 0 saturated carbocycles. The van der Waals surface area contributed by atoms with Gasteiger partial charge in [0.05, 0.1) is 12.8 Å². The molecule has 102 valence electrons. The molecule has 1 aromatic carbocycles. The normalized spacial score (nSPS) is 10.8. The Morgan fingerprint density at radius 1 is 1.42 bits per heavy atom. The first-order valence-corrected chi connectivity index (χ1v) is 6.59. The number of benzene rings is 1. The van der Waals surface area contributed by atoms with E-state index in [2.05, 4.69) is 28.7 Å². The fourth-order valence-corrected chi connectivity index (χ4v) is 2.04. The lowest BCUT2D eigenvalue weighted by Gasteiger charge is -2.14. The molecule has 0 saturated heterocycles. The number of hydrogen-bond acceptors (Lipinski definition) is 3. The fraction of sp³-hybridized carbons (Fsp3) is 0.357.